The molecule has 0 saturated carbocycles. The number of terminal acetylenes is 1. The lowest BCUT2D eigenvalue weighted by atomic mass is 10.1. The summed E-state index contributed by atoms with van der Waals surface area (Å²) in [5.41, 5.74) is 2.52. The Hall–Kier alpha value is -2.81. The summed E-state index contributed by atoms with van der Waals surface area (Å²) in [4.78, 5) is 36.7. The Kier molecular flexibility index (Phi) is 4.47. The minimum atomic E-state index is -0.745. The highest BCUT2D eigenvalue weighted by molar-refractivity contribution is 6.08. The maximum atomic E-state index is 12.1. The van der Waals surface area contributed by atoms with E-state index in [1.165, 1.54) is 0 Å². The maximum absolute atomic E-state index is 12.1. The van der Waals surface area contributed by atoms with E-state index >= 15 is 0 Å². The van der Waals surface area contributed by atoms with E-state index in [0.29, 0.717) is 5.69 Å². The van der Waals surface area contributed by atoms with Crippen LogP contribution >= 0.6 is 0 Å². The number of hydrogen-bond donors (Lipinski definition) is 2. The first-order valence-corrected chi connectivity index (χ1v) is 6.85. The molecule has 2 N–H and O–H groups in total. The number of rotatable bonds is 4. The van der Waals surface area contributed by atoms with Crippen LogP contribution in [0.1, 0.15) is 17.5 Å². The molecule has 22 heavy (non-hydrogen) atoms. The van der Waals surface area contributed by atoms with Gasteiger partial charge in [0.25, 0.3) is 5.91 Å². The zero-order chi connectivity index (χ0) is 16.3. The van der Waals surface area contributed by atoms with Gasteiger partial charge in [-0.25, -0.2) is 4.79 Å². The quantitative estimate of drug-likeness (QED) is 0.647. The molecule has 1 saturated heterocycles. The first kappa shape index (κ1) is 15.6. The third kappa shape index (κ3) is 3.09. The molecular formula is C16H17N3O3. The van der Waals surface area contributed by atoms with Crippen molar-refractivity contribution in [2.75, 3.05) is 11.9 Å². The van der Waals surface area contributed by atoms with Gasteiger partial charge in [0.1, 0.15) is 12.6 Å². The summed E-state index contributed by atoms with van der Waals surface area (Å²) in [6, 6.07) is 4.30. The van der Waals surface area contributed by atoms with E-state index in [1.807, 2.05) is 32.0 Å². The van der Waals surface area contributed by atoms with Crippen molar-refractivity contribution in [1.29, 1.82) is 0 Å². The van der Waals surface area contributed by atoms with Gasteiger partial charge in [-0.1, -0.05) is 18.2 Å². The lowest BCUT2D eigenvalue weighted by molar-refractivity contribution is -0.130. The SMILES string of the molecule is C#CCC1NC(=O)N(CC(=O)Nc2c(C)cccc2C)C1=O. The van der Waals surface area contributed by atoms with Gasteiger partial charge in [-0.15, -0.1) is 12.3 Å². The zero-order valence-electron chi connectivity index (χ0n) is 12.5. The number of amides is 4. The second-order valence-corrected chi connectivity index (χ2v) is 5.15. The van der Waals surface area contributed by atoms with Crippen molar-refractivity contribution in [2.45, 2.75) is 26.3 Å². The fraction of sp³-hybridized carbons (Fsp3) is 0.312. The number of imide groups is 1. The number of para-hydroxylation sites is 1. The molecule has 6 heteroatoms. The van der Waals surface area contributed by atoms with Crippen LogP contribution in [0.25, 0.3) is 0 Å². The molecule has 6 nitrogen and oxygen atoms in total. The molecule has 0 spiro atoms. The summed E-state index contributed by atoms with van der Waals surface area (Å²) < 4.78 is 0. The number of nitrogens with zero attached hydrogens (tertiary/aromatic N) is 1. The first-order valence-electron chi connectivity index (χ1n) is 6.85. The first-order chi connectivity index (χ1) is 10.4. The highest BCUT2D eigenvalue weighted by Gasteiger charge is 2.38. The third-order valence-electron chi connectivity index (χ3n) is 3.48. The van der Waals surface area contributed by atoms with Gasteiger partial charge in [0.05, 0.1) is 0 Å². The van der Waals surface area contributed by atoms with Crippen molar-refractivity contribution in [3.63, 3.8) is 0 Å². The number of carbonyl (C=O) groups is 3. The van der Waals surface area contributed by atoms with E-state index in [9.17, 15) is 14.4 Å². The molecule has 4 amide bonds. The predicted octanol–water partition coefficient (Wildman–Crippen LogP) is 1.19. The smallest absolute Gasteiger partial charge is 0.325 e. The van der Waals surface area contributed by atoms with Gasteiger partial charge in [-0.2, -0.15) is 0 Å². The van der Waals surface area contributed by atoms with Crippen LogP contribution in [0.5, 0.6) is 0 Å². The van der Waals surface area contributed by atoms with Crippen LogP contribution in [-0.2, 0) is 9.59 Å². The Morgan fingerprint density at radius 1 is 1.36 bits per heavy atom. The molecule has 1 aromatic rings. The van der Waals surface area contributed by atoms with Crippen LogP contribution in [0, 0.1) is 26.2 Å². The molecule has 1 aliphatic heterocycles. The standard InChI is InChI=1S/C16H17N3O3/c1-4-6-12-15(21)19(16(22)17-12)9-13(20)18-14-10(2)7-5-8-11(14)3/h1,5,7-8,12H,6,9H2,2-3H3,(H,17,22)(H,18,20). The highest BCUT2D eigenvalue weighted by Crippen LogP contribution is 2.19. The van der Waals surface area contributed by atoms with Crippen molar-refractivity contribution < 1.29 is 14.4 Å². The van der Waals surface area contributed by atoms with Crippen LogP contribution in [0.15, 0.2) is 18.2 Å². The van der Waals surface area contributed by atoms with E-state index in [2.05, 4.69) is 16.6 Å². The van der Waals surface area contributed by atoms with E-state index < -0.39 is 23.9 Å². The number of anilines is 1. The Morgan fingerprint density at radius 2 is 2.00 bits per heavy atom. The van der Waals surface area contributed by atoms with Crippen molar-refractivity contribution in [3.05, 3.63) is 29.3 Å². The summed E-state index contributed by atoms with van der Waals surface area (Å²) in [6.07, 6.45) is 5.26. The van der Waals surface area contributed by atoms with Crippen molar-refractivity contribution in [3.8, 4) is 12.3 Å². The molecule has 1 atom stereocenters. The van der Waals surface area contributed by atoms with E-state index in [1.54, 1.807) is 0 Å². The molecule has 1 unspecified atom stereocenters. The average Bonchev–Trinajstić information content (AvgIpc) is 2.71. The fourth-order valence-corrected chi connectivity index (χ4v) is 2.32. The summed E-state index contributed by atoms with van der Waals surface area (Å²) in [7, 11) is 0. The van der Waals surface area contributed by atoms with Gasteiger partial charge < -0.3 is 10.6 Å². The molecular weight excluding hydrogens is 282 g/mol. The average molecular weight is 299 g/mol. The van der Waals surface area contributed by atoms with Gasteiger partial charge in [0, 0.05) is 12.1 Å². The Labute approximate surface area is 128 Å². The molecule has 0 aliphatic carbocycles. The van der Waals surface area contributed by atoms with E-state index in [0.717, 1.165) is 16.0 Å². The summed E-state index contributed by atoms with van der Waals surface area (Å²) in [6.45, 7) is 3.41. The predicted molar refractivity (Wildman–Crippen MR) is 82.0 cm³/mol. The van der Waals surface area contributed by atoms with Crippen molar-refractivity contribution in [2.24, 2.45) is 0 Å². The lowest BCUT2D eigenvalue weighted by Gasteiger charge is -2.15. The number of benzene rings is 1. The number of hydrogen-bond acceptors (Lipinski definition) is 3. The van der Waals surface area contributed by atoms with Crippen LogP contribution in [-0.4, -0.2) is 35.3 Å². The maximum Gasteiger partial charge on any atom is 0.325 e. The van der Waals surface area contributed by atoms with E-state index in [4.69, 9.17) is 6.42 Å². The molecule has 1 aromatic carbocycles. The molecule has 1 aliphatic rings. The lowest BCUT2D eigenvalue weighted by Crippen LogP contribution is -2.38. The minimum absolute atomic E-state index is 0.111. The molecule has 1 fully saturated rings. The Balaban J connectivity index is 2.05. The zero-order valence-corrected chi connectivity index (χ0v) is 12.5. The second kappa shape index (κ2) is 6.31. The monoisotopic (exact) mass is 299 g/mol. The van der Waals surface area contributed by atoms with Gasteiger partial charge >= 0.3 is 6.03 Å². The van der Waals surface area contributed by atoms with Gasteiger partial charge in [0.15, 0.2) is 0 Å². The van der Waals surface area contributed by atoms with Crippen molar-refractivity contribution in [1.82, 2.24) is 10.2 Å². The number of carbonyl (C=O) groups excluding carboxylic acids is 3. The molecule has 1 heterocycles. The molecule has 0 bridgehead atoms. The van der Waals surface area contributed by atoms with Crippen LogP contribution in [0.4, 0.5) is 10.5 Å². The minimum Gasteiger partial charge on any atom is -0.325 e. The summed E-state index contributed by atoms with van der Waals surface area (Å²) in [5.74, 6) is 1.43. The third-order valence-corrected chi connectivity index (χ3v) is 3.48. The van der Waals surface area contributed by atoms with Crippen LogP contribution in [0.2, 0.25) is 0 Å². The normalized spacial score (nSPS) is 17.1. The molecule has 2 rings (SSSR count). The van der Waals surface area contributed by atoms with Gasteiger partial charge in [-0.3, -0.25) is 14.5 Å². The largest absolute Gasteiger partial charge is 0.325 e. The Morgan fingerprint density at radius 3 is 2.59 bits per heavy atom. The second-order valence-electron chi connectivity index (χ2n) is 5.15. The molecule has 0 aromatic heterocycles. The fourth-order valence-electron chi connectivity index (χ4n) is 2.32. The van der Waals surface area contributed by atoms with Gasteiger partial charge in [-0.05, 0) is 25.0 Å². The van der Waals surface area contributed by atoms with Crippen LogP contribution in [0.3, 0.4) is 0 Å². The molecule has 0 radical (unpaired) electrons. The summed E-state index contributed by atoms with van der Waals surface area (Å²) >= 11 is 0. The number of urea groups is 1. The topological polar surface area (TPSA) is 78.5 Å². The van der Waals surface area contributed by atoms with Crippen LogP contribution < -0.4 is 10.6 Å². The van der Waals surface area contributed by atoms with Crippen molar-refractivity contribution >= 4 is 23.5 Å². The number of aryl methyl sites for hydroxylation is 2. The Bertz CT molecular complexity index is 655. The molecule has 114 valence electrons. The number of nitrogens with one attached hydrogen (secondary N) is 2. The van der Waals surface area contributed by atoms with Gasteiger partial charge in [0.2, 0.25) is 5.91 Å². The highest BCUT2D eigenvalue weighted by atomic mass is 16.2. The summed E-state index contributed by atoms with van der Waals surface area (Å²) in [5, 5.41) is 5.20. The van der Waals surface area contributed by atoms with E-state index in [-0.39, 0.29) is 13.0 Å².